The second kappa shape index (κ2) is 6.37. The van der Waals surface area contributed by atoms with E-state index in [1.165, 1.54) is 11.1 Å². The SMILES string of the molecule is COc1cccc2c1C1(CCN(c3nc4c(c(=O)[nH]3)CCCC4)CC1)OC2. The number of hydrogen-bond acceptors (Lipinski definition) is 5. The molecule has 2 aromatic rings. The average Bonchev–Trinajstić information content (AvgIpc) is 3.07. The molecule has 1 saturated heterocycles. The van der Waals surface area contributed by atoms with Gasteiger partial charge in [-0.1, -0.05) is 12.1 Å². The Kier molecular flexibility index (Phi) is 3.97. The lowest BCUT2D eigenvalue weighted by Crippen LogP contribution is -2.44. The second-order valence-corrected chi connectivity index (χ2v) is 7.79. The van der Waals surface area contributed by atoms with Gasteiger partial charge in [0.25, 0.3) is 5.56 Å². The summed E-state index contributed by atoms with van der Waals surface area (Å²) in [6.07, 6.45) is 5.70. The molecule has 6 heteroatoms. The summed E-state index contributed by atoms with van der Waals surface area (Å²) in [5.74, 6) is 1.63. The minimum Gasteiger partial charge on any atom is -0.496 e. The summed E-state index contributed by atoms with van der Waals surface area (Å²) >= 11 is 0. The van der Waals surface area contributed by atoms with Crippen LogP contribution in [0.5, 0.6) is 5.75 Å². The van der Waals surface area contributed by atoms with Gasteiger partial charge < -0.3 is 14.4 Å². The van der Waals surface area contributed by atoms with E-state index in [1.54, 1.807) is 7.11 Å². The first-order chi connectivity index (χ1) is 13.2. The molecule has 0 unspecified atom stereocenters. The van der Waals surface area contributed by atoms with Crippen molar-refractivity contribution in [1.29, 1.82) is 0 Å². The fraction of sp³-hybridized carbons (Fsp3) is 0.524. The van der Waals surface area contributed by atoms with Crippen molar-refractivity contribution in [1.82, 2.24) is 9.97 Å². The largest absolute Gasteiger partial charge is 0.496 e. The van der Waals surface area contributed by atoms with Crippen molar-refractivity contribution in [2.75, 3.05) is 25.1 Å². The first-order valence-corrected chi connectivity index (χ1v) is 9.87. The number of H-pyrrole nitrogens is 1. The third-order valence-corrected chi connectivity index (χ3v) is 6.34. The molecule has 1 fully saturated rings. The van der Waals surface area contributed by atoms with Gasteiger partial charge in [0.15, 0.2) is 0 Å². The summed E-state index contributed by atoms with van der Waals surface area (Å²) in [4.78, 5) is 22.5. The Morgan fingerprint density at radius 2 is 2.04 bits per heavy atom. The van der Waals surface area contributed by atoms with Crippen LogP contribution in [-0.4, -0.2) is 30.2 Å². The smallest absolute Gasteiger partial charge is 0.255 e. The molecule has 0 saturated carbocycles. The fourth-order valence-corrected chi connectivity index (χ4v) is 4.89. The monoisotopic (exact) mass is 367 g/mol. The topological polar surface area (TPSA) is 67.5 Å². The van der Waals surface area contributed by atoms with Crippen LogP contribution in [0.15, 0.2) is 23.0 Å². The van der Waals surface area contributed by atoms with E-state index >= 15 is 0 Å². The number of ether oxygens (including phenoxy) is 2. The number of nitrogens with zero attached hydrogens (tertiary/aromatic N) is 2. The highest BCUT2D eigenvalue weighted by molar-refractivity contribution is 5.48. The van der Waals surface area contributed by atoms with Gasteiger partial charge in [0.1, 0.15) is 11.4 Å². The van der Waals surface area contributed by atoms with E-state index in [-0.39, 0.29) is 11.2 Å². The van der Waals surface area contributed by atoms with E-state index in [9.17, 15) is 4.79 Å². The number of fused-ring (bicyclic) bond motifs is 3. The van der Waals surface area contributed by atoms with Gasteiger partial charge in [-0.05, 0) is 50.2 Å². The number of rotatable bonds is 2. The Labute approximate surface area is 158 Å². The highest BCUT2D eigenvalue weighted by Gasteiger charge is 2.45. The van der Waals surface area contributed by atoms with Gasteiger partial charge in [0, 0.05) is 24.2 Å². The lowest BCUT2D eigenvalue weighted by atomic mass is 9.83. The van der Waals surface area contributed by atoms with Gasteiger partial charge in [-0.2, -0.15) is 0 Å². The first-order valence-electron chi connectivity index (χ1n) is 9.87. The molecule has 142 valence electrons. The third kappa shape index (κ3) is 2.65. The van der Waals surface area contributed by atoms with Crippen LogP contribution in [0.4, 0.5) is 5.95 Å². The molecule has 2 aliphatic heterocycles. The maximum absolute atomic E-state index is 12.5. The molecule has 0 radical (unpaired) electrons. The van der Waals surface area contributed by atoms with Crippen molar-refractivity contribution in [3.8, 4) is 5.75 Å². The number of aryl methyl sites for hydroxylation is 1. The van der Waals surface area contributed by atoms with E-state index in [4.69, 9.17) is 14.5 Å². The molecule has 3 aliphatic rings. The zero-order chi connectivity index (χ0) is 18.4. The minimum absolute atomic E-state index is 0.0408. The van der Waals surface area contributed by atoms with Crippen molar-refractivity contribution in [3.05, 3.63) is 50.9 Å². The van der Waals surface area contributed by atoms with Gasteiger partial charge in [0.2, 0.25) is 5.95 Å². The molecule has 1 spiro atoms. The van der Waals surface area contributed by atoms with Crippen LogP contribution in [0.2, 0.25) is 0 Å². The number of aromatic nitrogens is 2. The van der Waals surface area contributed by atoms with Crippen LogP contribution < -0.4 is 15.2 Å². The van der Waals surface area contributed by atoms with E-state index in [2.05, 4.69) is 16.0 Å². The number of anilines is 1. The molecular weight excluding hydrogens is 342 g/mol. The number of hydrogen-bond donors (Lipinski definition) is 1. The second-order valence-electron chi connectivity index (χ2n) is 7.79. The summed E-state index contributed by atoms with van der Waals surface area (Å²) in [6.45, 7) is 2.25. The molecule has 6 nitrogen and oxygen atoms in total. The quantitative estimate of drug-likeness (QED) is 0.884. The van der Waals surface area contributed by atoms with Gasteiger partial charge in [0.05, 0.1) is 19.4 Å². The summed E-state index contributed by atoms with van der Waals surface area (Å²) < 4.78 is 11.9. The van der Waals surface area contributed by atoms with Crippen molar-refractivity contribution in [2.24, 2.45) is 0 Å². The Balaban J connectivity index is 1.41. The van der Waals surface area contributed by atoms with E-state index in [0.29, 0.717) is 12.6 Å². The molecule has 3 heterocycles. The fourth-order valence-electron chi connectivity index (χ4n) is 4.89. The predicted octanol–water partition coefficient (Wildman–Crippen LogP) is 2.68. The number of aromatic amines is 1. The van der Waals surface area contributed by atoms with Gasteiger partial charge in [-0.15, -0.1) is 0 Å². The standard InChI is InChI=1S/C21H25N3O3/c1-26-17-8-4-5-14-13-27-21(18(14)17)9-11-24(12-10-21)20-22-16-7-3-2-6-15(16)19(25)23-20/h4-5,8H,2-3,6-7,9-13H2,1H3,(H,22,23,25). The molecule has 5 rings (SSSR count). The normalized spacial score (nSPS) is 20.4. The number of piperidine rings is 1. The summed E-state index contributed by atoms with van der Waals surface area (Å²) in [6, 6.07) is 6.17. The Bertz CT molecular complexity index is 929. The van der Waals surface area contributed by atoms with E-state index in [1.807, 2.05) is 12.1 Å². The molecule has 1 aliphatic carbocycles. The number of nitrogens with one attached hydrogen (secondary N) is 1. The van der Waals surface area contributed by atoms with Crippen LogP contribution in [0.25, 0.3) is 0 Å². The van der Waals surface area contributed by atoms with E-state index < -0.39 is 0 Å². The number of benzene rings is 1. The first kappa shape index (κ1) is 16.8. The molecule has 0 atom stereocenters. The van der Waals surface area contributed by atoms with Gasteiger partial charge >= 0.3 is 0 Å². The van der Waals surface area contributed by atoms with Crippen molar-refractivity contribution >= 4 is 5.95 Å². The predicted molar refractivity (Wildman–Crippen MR) is 102 cm³/mol. The van der Waals surface area contributed by atoms with Gasteiger partial charge in [-0.25, -0.2) is 4.98 Å². The Morgan fingerprint density at radius 1 is 1.22 bits per heavy atom. The van der Waals surface area contributed by atoms with Crippen LogP contribution >= 0.6 is 0 Å². The molecule has 1 aromatic carbocycles. The van der Waals surface area contributed by atoms with Crippen LogP contribution in [0.3, 0.4) is 0 Å². The third-order valence-electron chi connectivity index (χ3n) is 6.34. The zero-order valence-electron chi connectivity index (χ0n) is 15.7. The lowest BCUT2D eigenvalue weighted by Gasteiger charge is -2.40. The van der Waals surface area contributed by atoms with Crippen LogP contribution in [-0.2, 0) is 29.8 Å². The van der Waals surface area contributed by atoms with E-state index in [0.717, 1.165) is 68.6 Å². The van der Waals surface area contributed by atoms with Crippen LogP contribution in [0, 0.1) is 0 Å². The van der Waals surface area contributed by atoms with Crippen molar-refractivity contribution < 1.29 is 9.47 Å². The molecule has 1 aromatic heterocycles. The maximum Gasteiger partial charge on any atom is 0.255 e. The lowest BCUT2D eigenvalue weighted by molar-refractivity contribution is -0.0561. The molecule has 1 N–H and O–H groups in total. The molecule has 27 heavy (non-hydrogen) atoms. The van der Waals surface area contributed by atoms with Gasteiger partial charge in [-0.3, -0.25) is 9.78 Å². The molecule has 0 bridgehead atoms. The van der Waals surface area contributed by atoms with Crippen molar-refractivity contribution in [2.45, 2.75) is 50.7 Å². The highest BCUT2D eigenvalue weighted by Crippen LogP contribution is 2.48. The zero-order valence-corrected chi connectivity index (χ0v) is 15.7. The number of methoxy groups -OCH3 is 1. The van der Waals surface area contributed by atoms with Crippen LogP contribution in [0.1, 0.15) is 48.1 Å². The Hall–Kier alpha value is -2.34. The average molecular weight is 367 g/mol. The highest BCUT2D eigenvalue weighted by atomic mass is 16.5. The summed E-state index contributed by atoms with van der Waals surface area (Å²) in [7, 11) is 1.72. The molecule has 0 amide bonds. The summed E-state index contributed by atoms with van der Waals surface area (Å²) in [5.41, 5.74) is 4.06. The summed E-state index contributed by atoms with van der Waals surface area (Å²) in [5, 5.41) is 0. The molecular formula is C21H25N3O3. The maximum atomic E-state index is 12.5. The minimum atomic E-state index is -0.285. The Morgan fingerprint density at radius 3 is 2.85 bits per heavy atom. The van der Waals surface area contributed by atoms with Crippen molar-refractivity contribution in [3.63, 3.8) is 0 Å².